The number of aromatic nitrogens is 1. The third kappa shape index (κ3) is 2.98. The van der Waals surface area contributed by atoms with Crippen LogP contribution in [0.25, 0.3) is 10.8 Å². The minimum atomic E-state index is -0.951. The maximum Gasteiger partial charge on any atom is 0.337 e. The Labute approximate surface area is 116 Å². The van der Waals surface area contributed by atoms with Gasteiger partial charge >= 0.3 is 5.97 Å². The summed E-state index contributed by atoms with van der Waals surface area (Å²) in [5.74, 6) is 0.756. The molecule has 0 bridgehead atoms. The van der Waals surface area contributed by atoms with E-state index in [0.29, 0.717) is 5.39 Å². The van der Waals surface area contributed by atoms with Gasteiger partial charge in [0, 0.05) is 28.8 Å². The van der Waals surface area contributed by atoms with Gasteiger partial charge < -0.3 is 10.4 Å². The van der Waals surface area contributed by atoms with E-state index in [9.17, 15) is 9.90 Å². The van der Waals surface area contributed by atoms with Crippen LogP contribution in [0.1, 0.15) is 17.3 Å². The lowest BCUT2D eigenvalue weighted by molar-refractivity contribution is 0.0698. The van der Waals surface area contributed by atoms with Crippen LogP contribution in [0.15, 0.2) is 30.5 Å². The molecule has 0 fully saturated rings. The number of hydrogen-bond acceptors (Lipinski definition) is 4. The molecule has 4 nitrogen and oxygen atoms in total. The van der Waals surface area contributed by atoms with Gasteiger partial charge in [-0.3, -0.25) is 0 Å². The minimum Gasteiger partial charge on any atom is -0.478 e. The van der Waals surface area contributed by atoms with E-state index in [0.717, 1.165) is 17.0 Å². The maximum absolute atomic E-state index is 11.2. The highest BCUT2D eigenvalue weighted by Gasteiger charge is 2.13. The zero-order valence-electron chi connectivity index (χ0n) is 10.9. The molecule has 0 aliphatic carbocycles. The lowest BCUT2D eigenvalue weighted by atomic mass is 10.1. The summed E-state index contributed by atoms with van der Waals surface area (Å²) in [7, 11) is 0. The number of carboxylic acid groups (broad SMARTS) is 1. The quantitative estimate of drug-likeness (QED) is 0.878. The Kier molecular flexibility index (Phi) is 4.27. The molecule has 0 amide bonds. The van der Waals surface area contributed by atoms with Gasteiger partial charge in [-0.2, -0.15) is 11.8 Å². The number of nitrogens with one attached hydrogen (secondary N) is 1. The third-order valence-electron chi connectivity index (χ3n) is 2.83. The highest BCUT2D eigenvalue weighted by molar-refractivity contribution is 7.98. The smallest absolute Gasteiger partial charge is 0.337 e. The van der Waals surface area contributed by atoms with Crippen molar-refractivity contribution in [2.45, 2.75) is 13.0 Å². The predicted octanol–water partition coefficient (Wildman–Crippen LogP) is 3.10. The van der Waals surface area contributed by atoms with Crippen molar-refractivity contribution in [2.24, 2.45) is 0 Å². The van der Waals surface area contributed by atoms with Crippen LogP contribution in [0.2, 0.25) is 0 Å². The number of carboxylic acids is 1. The van der Waals surface area contributed by atoms with Crippen molar-refractivity contribution in [3.05, 3.63) is 36.0 Å². The summed E-state index contributed by atoms with van der Waals surface area (Å²) in [6.45, 7) is 2.08. The van der Waals surface area contributed by atoms with Crippen LogP contribution in [0.4, 0.5) is 5.82 Å². The molecule has 2 aromatic rings. The number of pyridine rings is 1. The number of aromatic carboxylic acids is 1. The lowest BCUT2D eigenvalue weighted by Gasteiger charge is -2.15. The Balaban J connectivity index is 2.46. The first-order chi connectivity index (χ1) is 9.13. The molecule has 0 saturated carbocycles. The molecule has 1 atom stereocenters. The monoisotopic (exact) mass is 276 g/mol. The SMILES string of the molecule is CSCC(C)Nc1ncc(C(=O)O)c2ccccc12. The van der Waals surface area contributed by atoms with Crippen molar-refractivity contribution >= 4 is 34.3 Å². The highest BCUT2D eigenvalue weighted by atomic mass is 32.2. The Morgan fingerprint density at radius 2 is 2.11 bits per heavy atom. The number of carbonyl (C=O) groups is 1. The van der Waals surface area contributed by atoms with E-state index in [1.807, 2.05) is 24.3 Å². The van der Waals surface area contributed by atoms with Crippen LogP contribution in [0, 0.1) is 0 Å². The number of rotatable bonds is 5. The maximum atomic E-state index is 11.2. The van der Waals surface area contributed by atoms with E-state index < -0.39 is 5.97 Å². The van der Waals surface area contributed by atoms with Crippen LogP contribution >= 0.6 is 11.8 Å². The van der Waals surface area contributed by atoms with Gasteiger partial charge in [-0.15, -0.1) is 0 Å². The second-order valence-electron chi connectivity index (χ2n) is 4.37. The fraction of sp³-hybridized carbons (Fsp3) is 0.286. The molecule has 100 valence electrons. The van der Waals surface area contributed by atoms with E-state index >= 15 is 0 Å². The summed E-state index contributed by atoms with van der Waals surface area (Å²) in [6.07, 6.45) is 3.47. The van der Waals surface area contributed by atoms with Crippen molar-refractivity contribution in [1.82, 2.24) is 4.98 Å². The van der Waals surface area contributed by atoms with E-state index in [1.165, 1.54) is 6.20 Å². The second-order valence-corrected chi connectivity index (χ2v) is 5.28. The summed E-state index contributed by atoms with van der Waals surface area (Å²) in [4.78, 5) is 15.4. The molecule has 0 aliphatic heterocycles. The Hall–Kier alpha value is -1.75. The Bertz CT molecular complexity index is 601. The van der Waals surface area contributed by atoms with Gasteiger partial charge in [0.05, 0.1) is 5.56 Å². The summed E-state index contributed by atoms with van der Waals surface area (Å²) >= 11 is 1.76. The molecule has 19 heavy (non-hydrogen) atoms. The molecular formula is C14H16N2O2S. The van der Waals surface area contributed by atoms with Gasteiger partial charge in [-0.1, -0.05) is 24.3 Å². The minimum absolute atomic E-state index is 0.235. The van der Waals surface area contributed by atoms with Gasteiger partial charge in [0.1, 0.15) is 5.82 Å². The summed E-state index contributed by atoms with van der Waals surface area (Å²) in [5, 5.41) is 14.1. The van der Waals surface area contributed by atoms with Gasteiger partial charge in [-0.25, -0.2) is 9.78 Å². The van der Waals surface area contributed by atoms with Crippen molar-refractivity contribution < 1.29 is 9.90 Å². The van der Waals surface area contributed by atoms with Gasteiger partial charge in [0.15, 0.2) is 0 Å². The van der Waals surface area contributed by atoms with E-state index in [2.05, 4.69) is 23.5 Å². The average molecular weight is 276 g/mol. The Morgan fingerprint density at radius 3 is 2.74 bits per heavy atom. The van der Waals surface area contributed by atoms with Crippen LogP contribution in [0.5, 0.6) is 0 Å². The molecule has 2 N–H and O–H groups in total. The lowest BCUT2D eigenvalue weighted by Crippen LogP contribution is -2.19. The predicted molar refractivity (Wildman–Crippen MR) is 80.2 cm³/mol. The van der Waals surface area contributed by atoms with Crippen molar-refractivity contribution in [1.29, 1.82) is 0 Å². The van der Waals surface area contributed by atoms with Gasteiger partial charge in [0.25, 0.3) is 0 Å². The first-order valence-electron chi connectivity index (χ1n) is 6.00. The van der Waals surface area contributed by atoms with Crippen molar-refractivity contribution in [3.63, 3.8) is 0 Å². The van der Waals surface area contributed by atoms with Gasteiger partial charge in [-0.05, 0) is 13.2 Å². The Morgan fingerprint density at radius 1 is 1.42 bits per heavy atom. The number of benzene rings is 1. The number of hydrogen-bond donors (Lipinski definition) is 2. The molecule has 0 radical (unpaired) electrons. The molecule has 1 unspecified atom stereocenters. The fourth-order valence-electron chi connectivity index (χ4n) is 2.00. The highest BCUT2D eigenvalue weighted by Crippen LogP contribution is 2.25. The first kappa shape index (κ1) is 13.7. The summed E-state index contributed by atoms with van der Waals surface area (Å²) in [6, 6.07) is 7.71. The molecule has 1 aromatic heterocycles. The molecule has 0 saturated heterocycles. The van der Waals surface area contributed by atoms with Crippen LogP contribution in [-0.2, 0) is 0 Å². The molecular weight excluding hydrogens is 260 g/mol. The molecule has 0 aliphatic rings. The van der Waals surface area contributed by atoms with Crippen LogP contribution in [-0.4, -0.2) is 34.1 Å². The number of thioether (sulfide) groups is 1. The molecule has 0 spiro atoms. The zero-order valence-corrected chi connectivity index (χ0v) is 11.7. The zero-order chi connectivity index (χ0) is 13.8. The standard InChI is InChI=1S/C14H16N2O2S/c1-9(8-19-2)16-13-11-6-4-3-5-10(11)12(7-15-13)14(17)18/h3-7,9H,8H2,1-2H3,(H,15,16)(H,17,18). The summed E-state index contributed by atoms with van der Waals surface area (Å²) < 4.78 is 0. The molecule has 1 aromatic carbocycles. The first-order valence-corrected chi connectivity index (χ1v) is 7.39. The topological polar surface area (TPSA) is 62.2 Å². The number of fused-ring (bicyclic) bond motifs is 1. The normalized spacial score (nSPS) is 12.3. The largest absolute Gasteiger partial charge is 0.478 e. The van der Waals surface area contributed by atoms with E-state index in [-0.39, 0.29) is 11.6 Å². The molecule has 5 heteroatoms. The number of nitrogens with zero attached hydrogens (tertiary/aromatic N) is 1. The average Bonchev–Trinajstić information content (AvgIpc) is 2.39. The molecule has 1 heterocycles. The van der Waals surface area contributed by atoms with Crippen LogP contribution in [0.3, 0.4) is 0 Å². The second kappa shape index (κ2) is 5.93. The fourth-order valence-corrected chi connectivity index (χ4v) is 2.59. The van der Waals surface area contributed by atoms with Crippen LogP contribution < -0.4 is 5.32 Å². The van der Waals surface area contributed by atoms with Crippen molar-refractivity contribution in [2.75, 3.05) is 17.3 Å². The van der Waals surface area contributed by atoms with Gasteiger partial charge in [0.2, 0.25) is 0 Å². The number of anilines is 1. The molecule has 2 rings (SSSR count). The van der Waals surface area contributed by atoms with Crippen molar-refractivity contribution in [3.8, 4) is 0 Å². The summed E-state index contributed by atoms with van der Waals surface area (Å²) in [5.41, 5.74) is 0.235. The van der Waals surface area contributed by atoms with E-state index in [1.54, 1.807) is 11.8 Å². The van der Waals surface area contributed by atoms with E-state index in [4.69, 9.17) is 0 Å². The third-order valence-corrected chi connectivity index (χ3v) is 3.66.